The van der Waals surface area contributed by atoms with Gasteiger partial charge in [-0.3, -0.25) is 10.1 Å². The molecule has 3 rings (SSSR count). The topological polar surface area (TPSA) is 57.8 Å². The van der Waals surface area contributed by atoms with Crippen molar-refractivity contribution in [3.8, 4) is 0 Å². The van der Waals surface area contributed by atoms with E-state index in [1.165, 1.54) is 11.3 Å². The molecule has 90 valence electrons. The van der Waals surface area contributed by atoms with Crippen LogP contribution in [0.3, 0.4) is 0 Å². The molecule has 2 aromatic heterocycles. The Labute approximate surface area is 115 Å². The maximum absolute atomic E-state index is 12.2. The first kappa shape index (κ1) is 11.4. The summed E-state index contributed by atoms with van der Waals surface area (Å²) in [5.41, 5.74) is 1.45. The number of carbonyl (C=O) groups excluding carboxylic acids is 1. The second kappa shape index (κ2) is 4.55. The number of H-pyrrole nitrogens is 1. The van der Waals surface area contributed by atoms with E-state index in [4.69, 9.17) is 0 Å². The fraction of sp³-hybridized carbons (Fsp3) is 0. The number of para-hydroxylation sites is 1. The zero-order valence-corrected chi connectivity index (χ0v) is 11.5. The van der Waals surface area contributed by atoms with Crippen LogP contribution >= 0.6 is 27.3 Å². The first-order valence-electron chi connectivity index (χ1n) is 5.23. The highest BCUT2D eigenvalue weighted by Crippen LogP contribution is 2.24. The van der Waals surface area contributed by atoms with Crippen molar-refractivity contribution in [2.24, 2.45) is 0 Å². The average Bonchev–Trinajstić information content (AvgIpc) is 2.97. The lowest BCUT2D eigenvalue weighted by Crippen LogP contribution is -2.12. The molecule has 0 saturated carbocycles. The first-order valence-corrected chi connectivity index (χ1v) is 6.84. The molecule has 0 bridgehead atoms. The number of hydrogen-bond donors (Lipinski definition) is 2. The Balaban J connectivity index is 1.94. The number of nitrogens with zero attached hydrogens (tertiary/aromatic N) is 1. The lowest BCUT2D eigenvalue weighted by atomic mass is 10.1. The third kappa shape index (κ3) is 2.04. The third-order valence-corrected chi connectivity index (χ3v) is 3.92. The van der Waals surface area contributed by atoms with E-state index in [2.05, 4.69) is 31.2 Å². The average molecular weight is 322 g/mol. The van der Waals surface area contributed by atoms with Crippen molar-refractivity contribution in [3.63, 3.8) is 0 Å². The summed E-state index contributed by atoms with van der Waals surface area (Å²) in [5, 5.41) is 4.38. The second-order valence-electron chi connectivity index (χ2n) is 3.67. The fourth-order valence-corrected chi connectivity index (χ4v) is 2.85. The summed E-state index contributed by atoms with van der Waals surface area (Å²) >= 11 is 4.69. The van der Waals surface area contributed by atoms with Gasteiger partial charge in [0, 0.05) is 11.6 Å². The van der Waals surface area contributed by atoms with Crippen LogP contribution in [0.25, 0.3) is 10.9 Å². The zero-order chi connectivity index (χ0) is 12.5. The van der Waals surface area contributed by atoms with Gasteiger partial charge in [0.05, 0.1) is 21.1 Å². The summed E-state index contributed by atoms with van der Waals surface area (Å²) in [6, 6.07) is 7.55. The summed E-state index contributed by atoms with van der Waals surface area (Å²) in [4.78, 5) is 19.3. The van der Waals surface area contributed by atoms with E-state index >= 15 is 0 Å². The van der Waals surface area contributed by atoms with Crippen molar-refractivity contribution in [1.29, 1.82) is 0 Å². The largest absolute Gasteiger partial charge is 0.361 e. The molecule has 1 aromatic carbocycles. The predicted molar refractivity (Wildman–Crippen MR) is 76.1 cm³/mol. The quantitative estimate of drug-likeness (QED) is 0.757. The van der Waals surface area contributed by atoms with E-state index in [9.17, 15) is 4.79 Å². The van der Waals surface area contributed by atoms with Crippen LogP contribution < -0.4 is 5.32 Å². The molecule has 4 nitrogen and oxygen atoms in total. The molecule has 0 aliphatic heterocycles. The molecule has 3 aromatic rings. The highest BCUT2D eigenvalue weighted by molar-refractivity contribution is 9.11. The van der Waals surface area contributed by atoms with Crippen molar-refractivity contribution in [2.45, 2.75) is 0 Å². The van der Waals surface area contributed by atoms with Gasteiger partial charge in [-0.1, -0.05) is 23.5 Å². The van der Waals surface area contributed by atoms with E-state index in [1.54, 1.807) is 12.3 Å². The molecular weight excluding hydrogens is 314 g/mol. The molecule has 0 aliphatic rings. The Morgan fingerprint density at radius 2 is 2.28 bits per heavy atom. The van der Waals surface area contributed by atoms with Gasteiger partial charge in [0.25, 0.3) is 5.91 Å². The zero-order valence-electron chi connectivity index (χ0n) is 9.11. The van der Waals surface area contributed by atoms with Crippen LogP contribution in [0.15, 0.2) is 40.4 Å². The monoisotopic (exact) mass is 321 g/mol. The smallest absolute Gasteiger partial charge is 0.259 e. The van der Waals surface area contributed by atoms with Gasteiger partial charge in [0.15, 0.2) is 5.13 Å². The number of halogens is 1. The van der Waals surface area contributed by atoms with Crippen molar-refractivity contribution in [3.05, 3.63) is 46.0 Å². The van der Waals surface area contributed by atoms with Gasteiger partial charge in [-0.25, -0.2) is 4.98 Å². The molecule has 1 amide bonds. The van der Waals surface area contributed by atoms with Gasteiger partial charge < -0.3 is 4.98 Å². The number of anilines is 1. The van der Waals surface area contributed by atoms with Crippen molar-refractivity contribution in [1.82, 2.24) is 9.97 Å². The standard InChI is InChI=1S/C12H8BrN3OS/c13-9-6-15-12(18-9)16-11(17)8-3-1-2-7-4-5-14-10(7)8/h1-6,14H,(H,15,16,17). The van der Waals surface area contributed by atoms with Gasteiger partial charge >= 0.3 is 0 Å². The van der Waals surface area contributed by atoms with Crippen LogP contribution in [-0.2, 0) is 0 Å². The first-order chi connectivity index (χ1) is 8.74. The summed E-state index contributed by atoms with van der Waals surface area (Å²) < 4.78 is 0.885. The number of nitrogens with one attached hydrogen (secondary N) is 2. The molecule has 0 atom stereocenters. The van der Waals surface area contributed by atoms with Crippen molar-refractivity contribution in [2.75, 3.05) is 5.32 Å². The minimum absolute atomic E-state index is 0.162. The normalized spacial score (nSPS) is 10.7. The van der Waals surface area contributed by atoms with E-state index in [1.807, 2.05) is 24.4 Å². The van der Waals surface area contributed by atoms with Gasteiger partial charge in [-0.05, 0) is 28.1 Å². The van der Waals surface area contributed by atoms with Crippen LogP contribution in [0.1, 0.15) is 10.4 Å². The second-order valence-corrected chi connectivity index (χ2v) is 6.08. The Hall–Kier alpha value is -1.66. The molecule has 2 heterocycles. The molecule has 0 unspecified atom stereocenters. The number of amides is 1. The SMILES string of the molecule is O=C(Nc1ncc(Br)s1)c1cccc2cc[nH]c12. The van der Waals surface area contributed by atoms with E-state index in [-0.39, 0.29) is 5.91 Å². The van der Waals surface area contributed by atoms with Gasteiger partial charge in [0.2, 0.25) is 0 Å². The number of benzene rings is 1. The Morgan fingerprint density at radius 3 is 3.06 bits per heavy atom. The molecule has 18 heavy (non-hydrogen) atoms. The predicted octanol–water partition coefficient (Wildman–Crippen LogP) is 3.64. The summed E-state index contributed by atoms with van der Waals surface area (Å²) in [5.74, 6) is -0.162. The van der Waals surface area contributed by atoms with Crippen LogP contribution in [0.5, 0.6) is 0 Å². The molecule has 2 N–H and O–H groups in total. The van der Waals surface area contributed by atoms with E-state index < -0.39 is 0 Å². The third-order valence-electron chi connectivity index (χ3n) is 2.53. The van der Waals surface area contributed by atoms with Gasteiger partial charge in [0.1, 0.15) is 0 Å². The number of thiazole rings is 1. The Morgan fingerprint density at radius 1 is 1.39 bits per heavy atom. The van der Waals surface area contributed by atoms with Crippen LogP contribution in [0, 0.1) is 0 Å². The number of hydrogen-bond acceptors (Lipinski definition) is 3. The molecule has 0 radical (unpaired) electrons. The van der Waals surface area contributed by atoms with Crippen molar-refractivity contribution < 1.29 is 4.79 Å². The number of carbonyl (C=O) groups is 1. The molecule has 0 saturated heterocycles. The Kier molecular flexibility index (Phi) is 2.89. The summed E-state index contributed by atoms with van der Waals surface area (Å²) in [6.07, 6.45) is 3.48. The molecule has 0 fully saturated rings. The van der Waals surface area contributed by atoms with Crippen LogP contribution in [-0.4, -0.2) is 15.9 Å². The highest BCUT2D eigenvalue weighted by atomic mass is 79.9. The summed E-state index contributed by atoms with van der Waals surface area (Å²) in [7, 11) is 0. The molecular formula is C12H8BrN3OS. The number of aromatic amines is 1. The fourth-order valence-electron chi connectivity index (χ4n) is 1.75. The maximum Gasteiger partial charge on any atom is 0.259 e. The van der Waals surface area contributed by atoms with Gasteiger partial charge in [-0.15, -0.1) is 0 Å². The number of rotatable bonds is 2. The van der Waals surface area contributed by atoms with Crippen LogP contribution in [0.2, 0.25) is 0 Å². The number of fused-ring (bicyclic) bond motifs is 1. The lowest BCUT2D eigenvalue weighted by Gasteiger charge is -2.03. The van der Waals surface area contributed by atoms with E-state index in [0.29, 0.717) is 10.7 Å². The highest BCUT2D eigenvalue weighted by Gasteiger charge is 2.12. The van der Waals surface area contributed by atoms with Crippen LogP contribution in [0.4, 0.5) is 5.13 Å². The molecule has 0 aliphatic carbocycles. The Bertz CT molecular complexity index is 719. The minimum atomic E-state index is -0.162. The lowest BCUT2D eigenvalue weighted by molar-refractivity contribution is 0.102. The maximum atomic E-state index is 12.2. The van der Waals surface area contributed by atoms with Crippen molar-refractivity contribution >= 4 is 49.2 Å². The summed E-state index contributed by atoms with van der Waals surface area (Å²) in [6.45, 7) is 0. The minimum Gasteiger partial charge on any atom is -0.361 e. The number of aromatic nitrogens is 2. The molecule has 0 spiro atoms. The molecule has 6 heteroatoms. The van der Waals surface area contributed by atoms with Gasteiger partial charge in [-0.2, -0.15) is 0 Å². The van der Waals surface area contributed by atoms with E-state index in [0.717, 1.165) is 14.7 Å².